The first-order valence-electron chi connectivity index (χ1n) is 9.12. The molecule has 1 N–H and O–H groups in total. The standard InChI is InChI=1S/C20H21FN4O3S/c1-15(20(26)23-17-8-6-16(14-22)7-9-17)24-10-12-25(13-11-24)29(27,28)19-5-3-2-4-18(19)21/h2-9,15H,10-13H2,1H3,(H,23,26)/t15-/m0/s1. The van der Waals surface area contributed by atoms with E-state index in [2.05, 4.69) is 5.32 Å². The van der Waals surface area contributed by atoms with Crippen molar-refractivity contribution in [2.24, 2.45) is 0 Å². The van der Waals surface area contributed by atoms with E-state index in [-0.39, 0.29) is 23.9 Å². The topological polar surface area (TPSA) is 93.5 Å². The van der Waals surface area contributed by atoms with Gasteiger partial charge in [-0.3, -0.25) is 9.69 Å². The summed E-state index contributed by atoms with van der Waals surface area (Å²) in [6.45, 7) is 2.81. The molecule has 0 spiro atoms. The van der Waals surface area contributed by atoms with Crippen molar-refractivity contribution in [3.63, 3.8) is 0 Å². The van der Waals surface area contributed by atoms with Gasteiger partial charge in [0, 0.05) is 31.9 Å². The number of hydrogen-bond donors (Lipinski definition) is 1. The molecule has 152 valence electrons. The molecule has 7 nitrogen and oxygen atoms in total. The predicted octanol–water partition coefficient (Wildman–Crippen LogP) is 2.03. The van der Waals surface area contributed by atoms with Crippen molar-refractivity contribution in [1.82, 2.24) is 9.21 Å². The molecule has 3 rings (SSSR count). The fourth-order valence-corrected chi connectivity index (χ4v) is 4.65. The molecular weight excluding hydrogens is 395 g/mol. The van der Waals surface area contributed by atoms with E-state index >= 15 is 0 Å². The zero-order valence-corrected chi connectivity index (χ0v) is 16.7. The number of piperazine rings is 1. The minimum Gasteiger partial charge on any atom is -0.325 e. The van der Waals surface area contributed by atoms with Gasteiger partial charge < -0.3 is 5.32 Å². The summed E-state index contributed by atoms with van der Waals surface area (Å²) in [4.78, 5) is 14.1. The Hall–Kier alpha value is -2.80. The Bertz CT molecular complexity index is 1030. The van der Waals surface area contributed by atoms with Crippen molar-refractivity contribution in [3.05, 3.63) is 59.9 Å². The van der Waals surface area contributed by atoms with E-state index in [9.17, 15) is 17.6 Å². The molecule has 0 aromatic heterocycles. The van der Waals surface area contributed by atoms with Gasteiger partial charge in [-0.25, -0.2) is 12.8 Å². The van der Waals surface area contributed by atoms with Crippen LogP contribution in [0.25, 0.3) is 0 Å². The van der Waals surface area contributed by atoms with Gasteiger partial charge in [-0.1, -0.05) is 12.1 Å². The Balaban J connectivity index is 1.60. The molecule has 1 amide bonds. The van der Waals surface area contributed by atoms with E-state index in [0.29, 0.717) is 24.3 Å². The number of rotatable bonds is 5. The Kier molecular flexibility index (Phi) is 6.27. The number of benzene rings is 2. The van der Waals surface area contributed by atoms with Gasteiger partial charge in [0.25, 0.3) is 0 Å². The van der Waals surface area contributed by atoms with Crippen LogP contribution in [0.3, 0.4) is 0 Å². The quantitative estimate of drug-likeness (QED) is 0.805. The van der Waals surface area contributed by atoms with Gasteiger partial charge in [0.1, 0.15) is 10.7 Å². The van der Waals surface area contributed by atoms with E-state index in [4.69, 9.17) is 5.26 Å². The van der Waals surface area contributed by atoms with Gasteiger partial charge >= 0.3 is 0 Å². The molecule has 1 aliphatic rings. The predicted molar refractivity (Wildman–Crippen MR) is 106 cm³/mol. The fraction of sp³-hybridized carbons (Fsp3) is 0.300. The monoisotopic (exact) mass is 416 g/mol. The van der Waals surface area contributed by atoms with Gasteiger partial charge in [-0.05, 0) is 43.3 Å². The third kappa shape index (κ3) is 4.62. The van der Waals surface area contributed by atoms with E-state index in [0.717, 1.165) is 6.07 Å². The average Bonchev–Trinajstić information content (AvgIpc) is 2.74. The van der Waals surface area contributed by atoms with Gasteiger partial charge in [-0.15, -0.1) is 0 Å². The number of hydrogen-bond acceptors (Lipinski definition) is 5. The second-order valence-electron chi connectivity index (χ2n) is 6.72. The number of sulfonamides is 1. The molecule has 0 unspecified atom stereocenters. The minimum absolute atomic E-state index is 0.172. The number of anilines is 1. The van der Waals surface area contributed by atoms with E-state index in [1.165, 1.54) is 22.5 Å². The van der Waals surface area contributed by atoms with Crippen molar-refractivity contribution in [3.8, 4) is 6.07 Å². The summed E-state index contributed by atoms with van der Waals surface area (Å²) in [6, 6.07) is 13.4. The number of nitrogens with zero attached hydrogens (tertiary/aromatic N) is 3. The van der Waals surface area contributed by atoms with Crippen LogP contribution in [-0.2, 0) is 14.8 Å². The molecule has 1 saturated heterocycles. The summed E-state index contributed by atoms with van der Waals surface area (Å²) in [5, 5.41) is 11.6. The van der Waals surface area contributed by atoms with Crippen LogP contribution in [0, 0.1) is 17.1 Å². The smallest absolute Gasteiger partial charge is 0.246 e. The normalized spacial score (nSPS) is 16.7. The van der Waals surface area contributed by atoms with E-state index in [1.54, 1.807) is 31.2 Å². The first kappa shape index (κ1) is 20.9. The molecule has 29 heavy (non-hydrogen) atoms. The van der Waals surface area contributed by atoms with Crippen molar-refractivity contribution >= 4 is 21.6 Å². The largest absolute Gasteiger partial charge is 0.325 e. The highest BCUT2D eigenvalue weighted by Gasteiger charge is 2.33. The zero-order chi connectivity index (χ0) is 21.0. The van der Waals surface area contributed by atoms with Gasteiger partial charge in [0.15, 0.2) is 0 Å². The lowest BCUT2D eigenvalue weighted by Gasteiger charge is -2.36. The zero-order valence-electron chi connectivity index (χ0n) is 15.9. The maximum absolute atomic E-state index is 13.9. The molecule has 2 aromatic rings. The second-order valence-corrected chi connectivity index (χ2v) is 8.63. The van der Waals surface area contributed by atoms with Crippen LogP contribution in [0.1, 0.15) is 12.5 Å². The maximum Gasteiger partial charge on any atom is 0.246 e. The lowest BCUT2D eigenvalue weighted by Crippen LogP contribution is -2.54. The fourth-order valence-electron chi connectivity index (χ4n) is 3.16. The first-order chi connectivity index (χ1) is 13.8. The van der Waals surface area contributed by atoms with Crippen molar-refractivity contribution in [1.29, 1.82) is 5.26 Å². The van der Waals surface area contributed by atoms with Gasteiger partial charge in [0.2, 0.25) is 15.9 Å². The summed E-state index contributed by atoms with van der Waals surface area (Å²) in [7, 11) is -3.91. The van der Waals surface area contributed by atoms with Crippen LogP contribution < -0.4 is 5.32 Å². The molecule has 0 saturated carbocycles. The van der Waals surface area contributed by atoms with Crippen LogP contribution in [0.15, 0.2) is 53.4 Å². The molecule has 0 radical (unpaired) electrons. The van der Waals surface area contributed by atoms with Crippen LogP contribution in [0.4, 0.5) is 10.1 Å². The number of nitriles is 1. The van der Waals surface area contributed by atoms with Crippen LogP contribution in [-0.4, -0.2) is 55.8 Å². The summed E-state index contributed by atoms with van der Waals surface area (Å²) < 4.78 is 40.5. The van der Waals surface area contributed by atoms with Crippen molar-refractivity contribution in [2.75, 3.05) is 31.5 Å². The molecule has 1 heterocycles. The molecule has 2 aromatic carbocycles. The Morgan fingerprint density at radius 2 is 1.72 bits per heavy atom. The van der Waals surface area contributed by atoms with Crippen LogP contribution in [0.2, 0.25) is 0 Å². The van der Waals surface area contributed by atoms with Crippen molar-refractivity contribution in [2.45, 2.75) is 17.9 Å². The SMILES string of the molecule is C[C@@H](C(=O)Nc1ccc(C#N)cc1)N1CCN(S(=O)(=O)c2ccccc2F)CC1. The Morgan fingerprint density at radius 1 is 1.10 bits per heavy atom. The number of halogens is 1. The van der Waals surface area contributed by atoms with Gasteiger partial charge in [-0.2, -0.15) is 9.57 Å². The van der Waals surface area contributed by atoms with Gasteiger partial charge in [0.05, 0.1) is 17.7 Å². The third-order valence-electron chi connectivity index (χ3n) is 4.94. The number of carbonyl (C=O) groups is 1. The number of amides is 1. The molecule has 0 aliphatic carbocycles. The summed E-state index contributed by atoms with van der Waals surface area (Å²) in [6.07, 6.45) is 0. The highest BCUT2D eigenvalue weighted by molar-refractivity contribution is 7.89. The average molecular weight is 416 g/mol. The second kappa shape index (κ2) is 8.69. The summed E-state index contributed by atoms with van der Waals surface area (Å²) >= 11 is 0. The summed E-state index contributed by atoms with van der Waals surface area (Å²) in [5.41, 5.74) is 1.09. The lowest BCUT2D eigenvalue weighted by molar-refractivity contribution is -0.121. The summed E-state index contributed by atoms with van der Waals surface area (Å²) in [5.74, 6) is -0.995. The highest BCUT2D eigenvalue weighted by Crippen LogP contribution is 2.21. The molecule has 1 aliphatic heterocycles. The lowest BCUT2D eigenvalue weighted by atomic mass is 10.2. The highest BCUT2D eigenvalue weighted by atomic mass is 32.2. The Morgan fingerprint density at radius 3 is 2.31 bits per heavy atom. The molecular formula is C20H21FN4O3S. The minimum atomic E-state index is -3.91. The first-order valence-corrected chi connectivity index (χ1v) is 10.6. The molecule has 1 fully saturated rings. The van der Waals surface area contributed by atoms with Crippen LogP contribution >= 0.6 is 0 Å². The third-order valence-corrected chi connectivity index (χ3v) is 6.87. The maximum atomic E-state index is 13.9. The van der Waals surface area contributed by atoms with E-state index in [1.807, 2.05) is 11.0 Å². The Labute approximate surface area is 169 Å². The van der Waals surface area contributed by atoms with E-state index < -0.39 is 21.9 Å². The molecule has 1 atom stereocenters. The van der Waals surface area contributed by atoms with Crippen molar-refractivity contribution < 1.29 is 17.6 Å². The number of carbonyl (C=O) groups excluding carboxylic acids is 1. The molecule has 0 bridgehead atoms. The number of nitrogens with one attached hydrogen (secondary N) is 1. The van der Waals surface area contributed by atoms with Crippen LogP contribution in [0.5, 0.6) is 0 Å². The molecule has 9 heteroatoms.